The molecule has 2 N–H and O–H groups in total. The molecule has 1 fully saturated rings. The molecule has 2 rings (SSSR count). The molecule has 1 aromatic rings. The normalized spacial score (nSPS) is 25.2. The van der Waals surface area contributed by atoms with E-state index < -0.39 is 17.4 Å². The third-order valence-electron chi connectivity index (χ3n) is 5.60. The van der Waals surface area contributed by atoms with Crippen molar-refractivity contribution in [1.29, 1.82) is 0 Å². The number of carboxylic acid groups (broad SMARTS) is 1. The number of carbonyl (C=O) groups is 2. The third-order valence-corrected chi connectivity index (χ3v) is 5.85. The largest absolute Gasteiger partial charge is 0.480 e. The molecule has 1 aliphatic rings. The third kappa shape index (κ3) is 4.55. The number of benzene rings is 1. The summed E-state index contributed by atoms with van der Waals surface area (Å²) in [5, 5.41) is 13.2. The number of aliphatic carboxylic acids is 1. The van der Waals surface area contributed by atoms with E-state index >= 15 is 0 Å². The molecule has 1 saturated carbocycles. The monoisotopic (exact) mass is 365 g/mol. The van der Waals surface area contributed by atoms with Crippen LogP contribution in [0.15, 0.2) is 24.3 Å². The van der Waals surface area contributed by atoms with Crippen molar-refractivity contribution in [2.24, 2.45) is 11.3 Å². The van der Waals surface area contributed by atoms with Crippen LogP contribution in [0.4, 0.5) is 0 Å². The van der Waals surface area contributed by atoms with Crippen LogP contribution in [-0.2, 0) is 9.59 Å². The molecule has 1 amide bonds. The smallest absolute Gasteiger partial charge is 0.329 e. The SMILES string of the molecule is CC(C(=O)NC1(C(=O)O)CCC(C(C)(C)C)CC1)c1ccc(Cl)cc1. The molecule has 4 nitrogen and oxygen atoms in total. The van der Waals surface area contributed by atoms with Gasteiger partial charge in [-0.1, -0.05) is 44.5 Å². The second-order valence-corrected chi connectivity index (χ2v) is 8.73. The van der Waals surface area contributed by atoms with E-state index in [2.05, 4.69) is 26.1 Å². The van der Waals surface area contributed by atoms with Crippen LogP contribution in [0.25, 0.3) is 0 Å². The molecule has 0 heterocycles. The Kier molecular flexibility index (Phi) is 5.82. The van der Waals surface area contributed by atoms with Crippen molar-refractivity contribution < 1.29 is 14.7 Å². The lowest BCUT2D eigenvalue weighted by Gasteiger charge is -2.42. The molecule has 0 radical (unpaired) electrons. The molecule has 0 aromatic heterocycles. The Bertz CT molecular complexity index is 625. The van der Waals surface area contributed by atoms with Gasteiger partial charge >= 0.3 is 5.97 Å². The zero-order chi connectivity index (χ0) is 18.8. The number of carbonyl (C=O) groups excluding carboxylic acids is 1. The van der Waals surface area contributed by atoms with E-state index in [4.69, 9.17) is 11.6 Å². The van der Waals surface area contributed by atoms with E-state index in [0.29, 0.717) is 23.8 Å². The summed E-state index contributed by atoms with van der Waals surface area (Å²) < 4.78 is 0. The van der Waals surface area contributed by atoms with Gasteiger partial charge in [0, 0.05) is 5.02 Å². The summed E-state index contributed by atoms with van der Waals surface area (Å²) in [7, 11) is 0. The van der Waals surface area contributed by atoms with Gasteiger partial charge in [0.2, 0.25) is 5.91 Å². The van der Waals surface area contributed by atoms with Crippen LogP contribution in [0.3, 0.4) is 0 Å². The van der Waals surface area contributed by atoms with Crippen molar-refractivity contribution >= 4 is 23.5 Å². The Morgan fingerprint density at radius 1 is 1.20 bits per heavy atom. The average molecular weight is 366 g/mol. The number of nitrogens with one attached hydrogen (secondary N) is 1. The maximum Gasteiger partial charge on any atom is 0.329 e. The maximum atomic E-state index is 12.7. The van der Waals surface area contributed by atoms with Gasteiger partial charge < -0.3 is 10.4 Å². The fourth-order valence-corrected chi connectivity index (χ4v) is 3.74. The highest BCUT2D eigenvalue weighted by Gasteiger charge is 2.45. The van der Waals surface area contributed by atoms with Crippen LogP contribution in [0.1, 0.15) is 64.9 Å². The van der Waals surface area contributed by atoms with Crippen LogP contribution in [-0.4, -0.2) is 22.5 Å². The first-order chi connectivity index (χ1) is 11.5. The van der Waals surface area contributed by atoms with Gasteiger partial charge in [-0.2, -0.15) is 0 Å². The molecule has 1 atom stereocenters. The predicted octanol–water partition coefficient (Wildman–Crippen LogP) is 4.62. The van der Waals surface area contributed by atoms with Crippen molar-refractivity contribution in [2.75, 3.05) is 0 Å². The zero-order valence-corrected chi connectivity index (χ0v) is 16.2. The quantitative estimate of drug-likeness (QED) is 0.818. The maximum absolute atomic E-state index is 12.7. The second kappa shape index (κ2) is 7.36. The topological polar surface area (TPSA) is 66.4 Å². The second-order valence-electron chi connectivity index (χ2n) is 8.29. The van der Waals surface area contributed by atoms with E-state index in [1.54, 1.807) is 31.2 Å². The first-order valence-corrected chi connectivity index (χ1v) is 9.24. The number of hydrogen-bond acceptors (Lipinski definition) is 2. The van der Waals surface area contributed by atoms with Crippen molar-refractivity contribution in [3.8, 4) is 0 Å². The van der Waals surface area contributed by atoms with Crippen LogP contribution < -0.4 is 5.32 Å². The van der Waals surface area contributed by atoms with E-state index in [9.17, 15) is 14.7 Å². The van der Waals surface area contributed by atoms with Gasteiger partial charge in [-0.25, -0.2) is 4.79 Å². The molecule has 5 heteroatoms. The van der Waals surface area contributed by atoms with Crippen molar-refractivity contribution in [2.45, 2.75) is 64.8 Å². The molecule has 1 unspecified atom stereocenters. The molecular formula is C20H28ClNO3. The molecule has 138 valence electrons. The minimum absolute atomic E-state index is 0.158. The van der Waals surface area contributed by atoms with Crippen LogP contribution in [0.5, 0.6) is 0 Å². The van der Waals surface area contributed by atoms with Crippen molar-refractivity contribution in [3.63, 3.8) is 0 Å². The van der Waals surface area contributed by atoms with Gasteiger partial charge in [-0.3, -0.25) is 4.79 Å². The molecule has 1 aliphatic carbocycles. The van der Waals surface area contributed by atoms with Crippen molar-refractivity contribution in [1.82, 2.24) is 5.32 Å². The van der Waals surface area contributed by atoms with Crippen LogP contribution in [0, 0.1) is 11.3 Å². The molecule has 0 bridgehead atoms. The number of rotatable bonds is 4. The van der Waals surface area contributed by atoms with Gasteiger partial charge in [-0.05, 0) is 61.6 Å². The minimum atomic E-state index is -1.15. The van der Waals surface area contributed by atoms with Crippen LogP contribution >= 0.6 is 11.6 Å². The molecule has 0 spiro atoms. The molecular weight excluding hydrogens is 338 g/mol. The number of hydrogen-bond donors (Lipinski definition) is 2. The lowest BCUT2D eigenvalue weighted by Crippen LogP contribution is -2.57. The lowest BCUT2D eigenvalue weighted by molar-refractivity contribution is -0.150. The molecule has 0 saturated heterocycles. The van der Waals surface area contributed by atoms with Gasteiger partial charge in [0.05, 0.1) is 5.92 Å². The van der Waals surface area contributed by atoms with E-state index in [-0.39, 0.29) is 11.3 Å². The van der Waals surface area contributed by atoms with Crippen LogP contribution in [0.2, 0.25) is 5.02 Å². The zero-order valence-electron chi connectivity index (χ0n) is 15.4. The first kappa shape index (κ1) is 19.8. The summed E-state index contributed by atoms with van der Waals surface area (Å²) >= 11 is 5.89. The average Bonchev–Trinajstić information content (AvgIpc) is 2.54. The standard InChI is InChI=1S/C20H28ClNO3/c1-13(14-5-7-16(21)8-6-14)17(23)22-20(18(24)25)11-9-15(10-12-20)19(2,3)4/h5-8,13,15H,9-12H2,1-4H3,(H,22,23)(H,24,25). The number of amides is 1. The van der Waals surface area contributed by atoms with Gasteiger partial charge in [0.15, 0.2) is 0 Å². The minimum Gasteiger partial charge on any atom is -0.480 e. The molecule has 1 aromatic carbocycles. The van der Waals surface area contributed by atoms with Crippen molar-refractivity contribution in [3.05, 3.63) is 34.9 Å². The fraction of sp³-hybridized carbons (Fsp3) is 0.600. The Balaban J connectivity index is 2.10. The fourth-order valence-electron chi connectivity index (χ4n) is 3.62. The molecule has 0 aliphatic heterocycles. The Labute approximate surface area is 155 Å². The first-order valence-electron chi connectivity index (χ1n) is 8.86. The highest BCUT2D eigenvalue weighted by Crippen LogP contribution is 2.41. The van der Waals surface area contributed by atoms with Gasteiger partial charge in [0.25, 0.3) is 0 Å². The number of halogens is 1. The summed E-state index contributed by atoms with van der Waals surface area (Å²) in [4.78, 5) is 24.6. The van der Waals surface area contributed by atoms with Gasteiger partial charge in [-0.15, -0.1) is 0 Å². The van der Waals surface area contributed by atoms with E-state index in [0.717, 1.165) is 18.4 Å². The summed E-state index contributed by atoms with van der Waals surface area (Å²) in [5.74, 6) is -1.13. The van der Waals surface area contributed by atoms with E-state index in [1.165, 1.54) is 0 Å². The molecule has 25 heavy (non-hydrogen) atoms. The number of carboxylic acids is 1. The predicted molar refractivity (Wildman–Crippen MR) is 99.8 cm³/mol. The lowest BCUT2D eigenvalue weighted by atomic mass is 9.67. The summed E-state index contributed by atoms with van der Waals surface area (Å²) in [5.41, 5.74) is -0.170. The Hall–Kier alpha value is -1.55. The van der Waals surface area contributed by atoms with Gasteiger partial charge in [0.1, 0.15) is 5.54 Å². The Morgan fingerprint density at radius 3 is 2.16 bits per heavy atom. The Morgan fingerprint density at radius 2 is 1.72 bits per heavy atom. The highest BCUT2D eigenvalue weighted by atomic mass is 35.5. The summed E-state index contributed by atoms with van der Waals surface area (Å²) in [6.07, 6.45) is 2.57. The summed E-state index contributed by atoms with van der Waals surface area (Å²) in [6, 6.07) is 7.08. The van der Waals surface area contributed by atoms with E-state index in [1.807, 2.05) is 0 Å². The highest BCUT2D eigenvalue weighted by molar-refractivity contribution is 6.30. The summed E-state index contributed by atoms with van der Waals surface area (Å²) in [6.45, 7) is 8.35.